The Morgan fingerprint density at radius 3 is 0.953 bits per heavy atom. The molecule has 0 saturated carbocycles. The van der Waals surface area contributed by atoms with E-state index >= 15 is 0 Å². The van der Waals surface area contributed by atoms with Gasteiger partial charge in [0.1, 0.15) is 0 Å². The fourth-order valence-corrected chi connectivity index (χ4v) is 3.99. The van der Waals surface area contributed by atoms with Crippen LogP contribution in [-0.2, 0) is 61.7 Å². The summed E-state index contributed by atoms with van der Waals surface area (Å²) < 4.78 is 83.0. The van der Waals surface area contributed by atoms with Crippen molar-refractivity contribution in [2.45, 2.75) is 18.7 Å². The van der Waals surface area contributed by atoms with Crippen molar-refractivity contribution in [2.24, 2.45) is 0 Å². The number of hydrogen-bond donors (Lipinski definition) is 0. The fourth-order valence-electron chi connectivity index (χ4n) is 3.10. The van der Waals surface area contributed by atoms with Crippen molar-refractivity contribution in [3.8, 4) is 0 Å². The first-order valence-electron chi connectivity index (χ1n) is 14.8. The van der Waals surface area contributed by atoms with Gasteiger partial charge in [-0.1, -0.05) is 17.7 Å². The third kappa shape index (κ3) is 25.7. The van der Waals surface area contributed by atoms with Crippen LogP contribution in [0.5, 0.6) is 0 Å². The minimum absolute atomic E-state index is 0.0570. The van der Waals surface area contributed by atoms with Gasteiger partial charge in [-0.3, -0.25) is 4.18 Å². The van der Waals surface area contributed by atoms with Crippen LogP contribution in [0.25, 0.3) is 0 Å². The predicted octanol–water partition coefficient (Wildman–Crippen LogP) is 1.89. The van der Waals surface area contributed by atoms with Crippen molar-refractivity contribution in [3.63, 3.8) is 0 Å². The highest BCUT2D eigenvalue weighted by Gasteiger charge is 2.14. The van der Waals surface area contributed by atoms with Crippen LogP contribution < -0.4 is 0 Å². The first-order valence-corrected chi connectivity index (χ1v) is 16.2. The van der Waals surface area contributed by atoms with E-state index in [-0.39, 0.29) is 18.1 Å². The molecular formula is C29H52O13S. The lowest BCUT2D eigenvalue weighted by Crippen LogP contribution is -2.15. The Morgan fingerprint density at radius 1 is 0.419 bits per heavy atom. The summed E-state index contributed by atoms with van der Waals surface area (Å²) in [4.78, 5) is 0.129. The van der Waals surface area contributed by atoms with E-state index in [1.165, 1.54) is 12.1 Å². The molecule has 13 nitrogen and oxygen atoms in total. The van der Waals surface area contributed by atoms with Crippen molar-refractivity contribution in [2.75, 3.05) is 139 Å². The highest BCUT2D eigenvalue weighted by molar-refractivity contribution is 7.86. The van der Waals surface area contributed by atoms with Crippen molar-refractivity contribution in [1.82, 2.24) is 0 Å². The van der Waals surface area contributed by atoms with E-state index in [1.807, 2.05) is 13.8 Å². The van der Waals surface area contributed by atoms with Gasteiger partial charge in [-0.15, -0.1) is 0 Å². The third-order valence-electron chi connectivity index (χ3n) is 5.33. The second-order valence-electron chi connectivity index (χ2n) is 8.80. The summed E-state index contributed by atoms with van der Waals surface area (Å²) in [6.07, 6.45) is 0. The van der Waals surface area contributed by atoms with Crippen molar-refractivity contribution in [1.29, 1.82) is 0 Å². The van der Waals surface area contributed by atoms with Gasteiger partial charge in [0.2, 0.25) is 0 Å². The zero-order valence-electron chi connectivity index (χ0n) is 25.9. The smallest absolute Gasteiger partial charge is 0.297 e. The summed E-state index contributed by atoms with van der Waals surface area (Å²) in [5.74, 6) is 0. The molecule has 14 heteroatoms. The van der Waals surface area contributed by atoms with Gasteiger partial charge in [-0.05, 0) is 26.0 Å². The summed E-state index contributed by atoms with van der Waals surface area (Å²) in [7, 11) is -3.77. The SMILES string of the molecule is CCOCCOCCOCCOCCOCCOCCOCCOCCOCCOCCOS(=O)(=O)c1ccc(C)cc1. The molecule has 1 aromatic carbocycles. The molecule has 0 aliphatic carbocycles. The maximum absolute atomic E-state index is 12.1. The van der Waals surface area contributed by atoms with E-state index in [0.717, 1.165) is 5.56 Å². The maximum atomic E-state index is 12.1. The molecule has 0 amide bonds. The molecule has 0 aromatic heterocycles. The number of benzene rings is 1. The standard InChI is InChI=1S/C29H52O13S/c1-3-32-8-9-33-10-11-34-12-13-35-14-15-36-16-17-37-18-19-38-20-21-39-22-23-40-24-25-41-26-27-42-43(30,31)29-6-4-28(2)5-7-29/h4-7H,3,8-27H2,1-2H3. The monoisotopic (exact) mass is 640 g/mol. The Hall–Kier alpha value is -1.27. The van der Waals surface area contributed by atoms with Crippen molar-refractivity contribution < 1.29 is 60.0 Å². The normalized spacial score (nSPS) is 11.9. The molecule has 43 heavy (non-hydrogen) atoms. The van der Waals surface area contributed by atoms with E-state index in [2.05, 4.69) is 0 Å². The molecule has 0 unspecified atom stereocenters. The second-order valence-corrected chi connectivity index (χ2v) is 10.4. The minimum atomic E-state index is -3.77. The van der Waals surface area contributed by atoms with Crippen LogP contribution in [0.4, 0.5) is 0 Å². The van der Waals surface area contributed by atoms with Crippen LogP contribution in [0.2, 0.25) is 0 Å². The van der Waals surface area contributed by atoms with E-state index in [1.54, 1.807) is 12.1 Å². The molecule has 0 radical (unpaired) electrons. The van der Waals surface area contributed by atoms with Crippen LogP contribution >= 0.6 is 0 Å². The van der Waals surface area contributed by atoms with E-state index in [0.29, 0.717) is 126 Å². The van der Waals surface area contributed by atoms with Gasteiger partial charge in [-0.2, -0.15) is 8.42 Å². The van der Waals surface area contributed by atoms with E-state index in [4.69, 9.17) is 51.6 Å². The summed E-state index contributed by atoms with van der Waals surface area (Å²) >= 11 is 0. The van der Waals surface area contributed by atoms with Gasteiger partial charge in [0.25, 0.3) is 10.1 Å². The van der Waals surface area contributed by atoms with Gasteiger partial charge in [0, 0.05) is 6.61 Å². The van der Waals surface area contributed by atoms with Crippen molar-refractivity contribution in [3.05, 3.63) is 29.8 Å². The molecule has 0 heterocycles. The molecule has 252 valence electrons. The lowest BCUT2D eigenvalue weighted by atomic mass is 10.2. The average molecular weight is 641 g/mol. The summed E-state index contributed by atoms with van der Waals surface area (Å²) in [6, 6.07) is 6.48. The minimum Gasteiger partial charge on any atom is -0.379 e. The topological polar surface area (TPSA) is 136 Å². The van der Waals surface area contributed by atoms with E-state index < -0.39 is 10.1 Å². The van der Waals surface area contributed by atoms with Gasteiger partial charge >= 0.3 is 0 Å². The second kappa shape index (κ2) is 29.4. The zero-order valence-corrected chi connectivity index (χ0v) is 26.7. The van der Waals surface area contributed by atoms with Crippen LogP contribution in [0.15, 0.2) is 29.2 Å². The quantitative estimate of drug-likeness (QED) is 0.0818. The van der Waals surface area contributed by atoms with Gasteiger partial charge in [0.05, 0.1) is 137 Å². The maximum Gasteiger partial charge on any atom is 0.297 e. The zero-order chi connectivity index (χ0) is 31.1. The fraction of sp³-hybridized carbons (Fsp3) is 0.793. The van der Waals surface area contributed by atoms with Crippen LogP contribution in [-0.4, -0.2) is 147 Å². The first kappa shape index (κ1) is 39.8. The van der Waals surface area contributed by atoms with Gasteiger partial charge in [0.15, 0.2) is 0 Å². The molecule has 0 aliphatic heterocycles. The molecule has 0 bridgehead atoms. The molecule has 0 atom stereocenters. The summed E-state index contributed by atoms with van der Waals surface area (Å²) in [6.45, 7) is 13.4. The molecule has 0 N–H and O–H groups in total. The highest BCUT2D eigenvalue weighted by atomic mass is 32.2. The lowest BCUT2D eigenvalue weighted by molar-refractivity contribution is -0.0265. The van der Waals surface area contributed by atoms with Crippen molar-refractivity contribution >= 4 is 10.1 Å². The van der Waals surface area contributed by atoms with Gasteiger partial charge < -0.3 is 47.4 Å². The Balaban J connectivity index is 1.70. The number of hydrogen-bond acceptors (Lipinski definition) is 13. The molecule has 1 rings (SSSR count). The number of rotatable bonds is 33. The first-order chi connectivity index (χ1) is 21.1. The third-order valence-corrected chi connectivity index (χ3v) is 6.65. The summed E-state index contributed by atoms with van der Waals surface area (Å²) in [5.41, 5.74) is 0.976. The van der Waals surface area contributed by atoms with Crippen LogP contribution in [0.1, 0.15) is 12.5 Å². The molecule has 0 saturated heterocycles. The average Bonchev–Trinajstić information content (AvgIpc) is 3.00. The van der Waals surface area contributed by atoms with Gasteiger partial charge in [-0.25, -0.2) is 0 Å². The van der Waals surface area contributed by atoms with Crippen LogP contribution in [0, 0.1) is 6.92 Å². The Morgan fingerprint density at radius 2 is 0.674 bits per heavy atom. The number of aryl methyl sites for hydroxylation is 1. The highest BCUT2D eigenvalue weighted by Crippen LogP contribution is 2.12. The number of ether oxygens (including phenoxy) is 10. The summed E-state index contributed by atoms with van der Waals surface area (Å²) in [5, 5.41) is 0. The molecular weight excluding hydrogens is 588 g/mol. The Bertz CT molecular complexity index is 824. The lowest BCUT2D eigenvalue weighted by Gasteiger charge is -2.09. The van der Waals surface area contributed by atoms with E-state index in [9.17, 15) is 8.42 Å². The Kier molecular flexibility index (Phi) is 27.2. The molecule has 0 fully saturated rings. The molecule has 0 aliphatic rings. The van der Waals surface area contributed by atoms with Crippen LogP contribution in [0.3, 0.4) is 0 Å². The molecule has 1 aromatic rings. The Labute approximate surface area is 257 Å². The predicted molar refractivity (Wildman–Crippen MR) is 158 cm³/mol. The largest absolute Gasteiger partial charge is 0.379 e. The molecule has 0 spiro atoms.